The minimum atomic E-state index is -0.772. The van der Waals surface area contributed by atoms with Crippen molar-refractivity contribution < 1.29 is 28.6 Å². The van der Waals surface area contributed by atoms with Crippen LogP contribution in [0.5, 0.6) is 0 Å². The van der Waals surface area contributed by atoms with Gasteiger partial charge in [-0.2, -0.15) is 0 Å². The number of hydrogen-bond acceptors (Lipinski definition) is 6. The van der Waals surface area contributed by atoms with Crippen LogP contribution in [0.25, 0.3) is 0 Å². The molecule has 1 atom stereocenters. The van der Waals surface area contributed by atoms with E-state index >= 15 is 0 Å². The van der Waals surface area contributed by atoms with E-state index in [-0.39, 0.29) is 31.1 Å². The summed E-state index contributed by atoms with van der Waals surface area (Å²) in [4.78, 5) is 37.9. The molecule has 0 heterocycles. The quantitative estimate of drug-likeness (QED) is 0.0261. The second-order valence-corrected chi connectivity index (χ2v) is 20.2. The minimum Gasteiger partial charge on any atom is -0.462 e. The van der Waals surface area contributed by atoms with E-state index in [4.69, 9.17) is 14.2 Å². The zero-order valence-electron chi connectivity index (χ0n) is 46.5. The fourth-order valence-electron chi connectivity index (χ4n) is 8.72. The molecule has 0 aliphatic rings. The van der Waals surface area contributed by atoms with E-state index < -0.39 is 6.10 Å². The van der Waals surface area contributed by atoms with Crippen LogP contribution in [0.4, 0.5) is 0 Å². The standard InChI is InChI=1S/C64H114O6/c1-4-7-10-13-16-18-20-22-24-25-26-27-28-29-30-31-32-33-34-35-36-37-38-39-40-42-43-45-48-51-54-57-63(66)69-60-61(59-68-62(65)56-53-50-47-15-12-9-6-3)70-64(67)58-55-52-49-46-44-41-23-21-19-17-14-11-8-5-2/h7,10,16,18,21-24,26-27,61H,4-6,8-9,11-15,17,19-20,25,28-60H2,1-3H3/b10-7-,18-16-,23-21-,24-22-,27-26-. The molecule has 0 aromatic heterocycles. The molecule has 0 spiro atoms. The molecule has 0 aliphatic carbocycles. The number of carbonyl (C=O) groups excluding carboxylic acids is 3. The topological polar surface area (TPSA) is 78.9 Å². The molecule has 0 bridgehead atoms. The van der Waals surface area contributed by atoms with Crippen LogP contribution in [-0.2, 0) is 28.6 Å². The van der Waals surface area contributed by atoms with Gasteiger partial charge in [0.2, 0.25) is 0 Å². The third-order valence-electron chi connectivity index (χ3n) is 13.3. The molecule has 70 heavy (non-hydrogen) atoms. The van der Waals surface area contributed by atoms with Gasteiger partial charge in [-0.3, -0.25) is 14.4 Å². The summed E-state index contributed by atoms with van der Waals surface area (Å²) < 4.78 is 16.8. The molecule has 6 heteroatoms. The van der Waals surface area contributed by atoms with E-state index in [1.54, 1.807) is 0 Å². The van der Waals surface area contributed by atoms with Crippen molar-refractivity contribution in [2.75, 3.05) is 13.2 Å². The summed E-state index contributed by atoms with van der Waals surface area (Å²) >= 11 is 0. The average molecular weight is 980 g/mol. The summed E-state index contributed by atoms with van der Waals surface area (Å²) in [7, 11) is 0. The smallest absolute Gasteiger partial charge is 0.306 e. The van der Waals surface area contributed by atoms with Crippen LogP contribution >= 0.6 is 0 Å². The number of esters is 3. The molecule has 0 rings (SSSR count). The van der Waals surface area contributed by atoms with Crippen LogP contribution in [0.15, 0.2) is 60.8 Å². The Balaban J connectivity index is 4.01. The Kier molecular flexibility index (Phi) is 56.3. The van der Waals surface area contributed by atoms with Crippen molar-refractivity contribution in [3.8, 4) is 0 Å². The van der Waals surface area contributed by atoms with Gasteiger partial charge in [0.25, 0.3) is 0 Å². The number of ether oxygens (including phenoxy) is 3. The zero-order valence-corrected chi connectivity index (χ0v) is 46.5. The van der Waals surface area contributed by atoms with Gasteiger partial charge in [0.1, 0.15) is 13.2 Å². The van der Waals surface area contributed by atoms with Gasteiger partial charge in [0.05, 0.1) is 0 Å². The molecule has 0 fully saturated rings. The second-order valence-electron chi connectivity index (χ2n) is 20.2. The molecule has 0 N–H and O–H groups in total. The molecule has 6 nitrogen and oxygen atoms in total. The van der Waals surface area contributed by atoms with Gasteiger partial charge in [-0.1, -0.05) is 268 Å². The Labute approximate surface area is 434 Å². The van der Waals surface area contributed by atoms with Gasteiger partial charge in [-0.15, -0.1) is 0 Å². The second kappa shape index (κ2) is 58.7. The van der Waals surface area contributed by atoms with Gasteiger partial charge in [-0.25, -0.2) is 0 Å². The van der Waals surface area contributed by atoms with Crippen molar-refractivity contribution >= 4 is 17.9 Å². The van der Waals surface area contributed by atoms with E-state index in [2.05, 4.69) is 81.5 Å². The number of rotatable bonds is 55. The molecule has 0 aliphatic heterocycles. The van der Waals surface area contributed by atoms with Crippen LogP contribution in [0.2, 0.25) is 0 Å². The largest absolute Gasteiger partial charge is 0.462 e. The molecule has 406 valence electrons. The minimum absolute atomic E-state index is 0.0733. The van der Waals surface area contributed by atoms with Crippen molar-refractivity contribution in [1.29, 1.82) is 0 Å². The third-order valence-corrected chi connectivity index (χ3v) is 13.3. The summed E-state index contributed by atoms with van der Waals surface area (Å²) in [6, 6.07) is 0. The molecule has 0 saturated heterocycles. The van der Waals surface area contributed by atoms with Crippen LogP contribution in [0.3, 0.4) is 0 Å². The van der Waals surface area contributed by atoms with Crippen molar-refractivity contribution in [2.45, 2.75) is 316 Å². The maximum atomic E-state index is 12.8. The average Bonchev–Trinajstić information content (AvgIpc) is 3.36. The molecular weight excluding hydrogens is 865 g/mol. The first-order chi connectivity index (χ1) is 34.5. The fraction of sp³-hybridized carbons (Fsp3) is 0.797. The van der Waals surface area contributed by atoms with Crippen LogP contribution in [-0.4, -0.2) is 37.2 Å². The Bertz CT molecular complexity index is 1260. The summed E-state index contributed by atoms with van der Waals surface area (Å²) in [5.74, 6) is -0.876. The van der Waals surface area contributed by atoms with Crippen molar-refractivity contribution in [3.63, 3.8) is 0 Å². The Hall–Kier alpha value is -2.89. The number of allylic oxidation sites excluding steroid dienone is 10. The van der Waals surface area contributed by atoms with E-state index in [0.29, 0.717) is 19.3 Å². The highest BCUT2D eigenvalue weighted by molar-refractivity contribution is 5.71. The first-order valence-electron chi connectivity index (χ1n) is 30.3. The fourth-order valence-corrected chi connectivity index (χ4v) is 8.72. The Morgan fingerprint density at radius 1 is 0.300 bits per heavy atom. The molecule has 1 unspecified atom stereocenters. The van der Waals surface area contributed by atoms with E-state index in [0.717, 1.165) is 89.9 Å². The maximum absolute atomic E-state index is 12.8. The number of hydrogen-bond donors (Lipinski definition) is 0. The van der Waals surface area contributed by atoms with Crippen molar-refractivity contribution in [1.82, 2.24) is 0 Å². The van der Waals surface area contributed by atoms with Gasteiger partial charge in [-0.05, 0) is 83.5 Å². The van der Waals surface area contributed by atoms with E-state index in [1.165, 1.54) is 180 Å². The highest BCUT2D eigenvalue weighted by Gasteiger charge is 2.19. The lowest BCUT2D eigenvalue weighted by molar-refractivity contribution is -0.167. The summed E-state index contributed by atoms with van der Waals surface area (Å²) in [5, 5.41) is 0. The lowest BCUT2D eigenvalue weighted by Crippen LogP contribution is -2.30. The van der Waals surface area contributed by atoms with Crippen LogP contribution in [0.1, 0.15) is 310 Å². The molecule has 0 radical (unpaired) electrons. The molecule has 0 saturated carbocycles. The lowest BCUT2D eigenvalue weighted by Gasteiger charge is -2.18. The van der Waals surface area contributed by atoms with E-state index in [1.807, 2.05) is 0 Å². The van der Waals surface area contributed by atoms with Crippen molar-refractivity contribution in [2.24, 2.45) is 0 Å². The normalized spacial score (nSPS) is 12.4. The van der Waals surface area contributed by atoms with Gasteiger partial charge in [0.15, 0.2) is 6.10 Å². The highest BCUT2D eigenvalue weighted by Crippen LogP contribution is 2.17. The summed E-state index contributed by atoms with van der Waals surface area (Å²) in [5.41, 5.74) is 0. The summed E-state index contributed by atoms with van der Waals surface area (Å²) in [6.45, 7) is 6.50. The van der Waals surface area contributed by atoms with Crippen molar-refractivity contribution in [3.05, 3.63) is 60.8 Å². The lowest BCUT2D eigenvalue weighted by atomic mass is 10.0. The molecule has 0 amide bonds. The Morgan fingerprint density at radius 3 is 0.886 bits per heavy atom. The van der Waals surface area contributed by atoms with Gasteiger partial charge in [0, 0.05) is 19.3 Å². The molecule has 0 aromatic rings. The highest BCUT2D eigenvalue weighted by atomic mass is 16.6. The predicted molar refractivity (Wildman–Crippen MR) is 302 cm³/mol. The van der Waals surface area contributed by atoms with Gasteiger partial charge < -0.3 is 14.2 Å². The third kappa shape index (κ3) is 56.0. The van der Waals surface area contributed by atoms with Gasteiger partial charge >= 0.3 is 17.9 Å². The SMILES string of the molecule is CC/C=C\C/C=C\C/C=C\C/C=C\CCCCCCCCCCCCCCCCCCCCC(=O)OCC(COC(=O)CCCCCCCCC)OC(=O)CCCCCCC/C=C\CCCCCCC. The Morgan fingerprint density at radius 2 is 0.557 bits per heavy atom. The summed E-state index contributed by atoms with van der Waals surface area (Å²) in [6.07, 6.45) is 74.0. The first kappa shape index (κ1) is 67.1. The number of carbonyl (C=O) groups is 3. The first-order valence-corrected chi connectivity index (χ1v) is 30.3. The van der Waals surface area contributed by atoms with Crippen LogP contribution in [0, 0.1) is 0 Å². The van der Waals surface area contributed by atoms with E-state index in [9.17, 15) is 14.4 Å². The molecule has 0 aromatic carbocycles. The maximum Gasteiger partial charge on any atom is 0.306 e. The zero-order chi connectivity index (χ0) is 50.7. The molecular formula is C64H114O6. The van der Waals surface area contributed by atoms with Crippen LogP contribution < -0.4 is 0 Å². The predicted octanol–water partition coefficient (Wildman–Crippen LogP) is 20.4. The monoisotopic (exact) mass is 979 g/mol. The number of unbranched alkanes of at least 4 members (excludes halogenated alkanes) is 34.